The summed E-state index contributed by atoms with van der Waals surface area (Å²) in [6, 6.07) is 13.4. The van der Waals surface area contributed by atoms with Crippen molar-refractivity contribution in [3.63, 3.8) is 0 Å². The van der Waals surface area contributed by atoms with Crippen LogP contribution in [-0.4, -0.2) is 11.8 Å². The molecule has 2 N–H and O–H groups in total. The highest BCUT2D eigenvalue weighted by Crippen LogP contribution is 2.30. The van der Waals surface area contributed by atoms with Crippen LogP contribution in [-0.2, 0) is 6.18 Å². The van der Waals surface area contributed by atoms with Gasteiger partial charge in [-0.15, -0.1) is 0 Å². The molecule has 1 unspecified atom stereocenters. The second-order valence-corrected chi connectivity index (χ2v) is 6.30. The van der Waals surface area contributed by atoms with Crippen LogP contribution in [0.25, 0.3) is 0 Å². The smallest absolute Gasteiger partial charge is 0.416 e. The minimum atomic E-state index is -4.47. The van der Waals surface area contributed by atoms with Crippen molar-refractivity contribution in [1.82, 2.24) is 5.32 Å². The van der Waals surface area contributed by atoms with Gasteiger partial charge in [0.25, 0.3) is 11.8 Å². The van der Waals surface area contributed by atoms with Crippen LogP contribution in [0.2, 0.25) is 0 Å². The van der Waals surface area contributed by atoms with Crippen molar-refractivity contribution in [2.75, 3.05) is 5.32 Å². The van der Waals surface area contributed by atoms with Gasteiger partial charge in [-0.05, 0) is 48.9 Å². The van der Waals surface area contributed by atoms with Crippen molar-refractivity contribution >= 4 is 17.5 Å². The Bertz CT molecular complexity index is 1010. The van der Waals surface area contributed by atoms with Crippen LogP contribution in [0.5, 0.6) is 0 Å². The number of hydrogen-bond donors (Lipinski definition) is 2. The minimum absolute atomic E-state index is 0.0811. The number of amides is 2. The number of anilines is 1. The fourth-order valence-electron chi connectivity index (χ4n) is 2.72. The SMILES string of the molecule is CC(NC(=O)c1ccccc1NC(=O)c1ccco1)c1cccc(C(F)(F)F)c1. The predicted molar refractivity (Wildman–Crippen MR) is 100 cm³/mol. The first-order chi connectivity index (χ1) is 13.8. The first-order valence-corrected chi connectivity index (χ1v) is 8.67. The van der Waals surface area contributed by atoms with Crippen LogP contribution in [0.15, 0.2) is 71.3 Å². The summed E-state index contributed by atoms with van der Waals surface area (Å²) < 4.78 is 43.8. The summed E-state index contributed by atoms with van der Waals surface area (Å²) in [7, 11) is 0. The molecule has 0 saturated carbocycles. The standard InChI is InChI=1S/C21H17F3N2O3/c1-13(14-6-4-7-15(12-14)21(22,23)24)25-19(27)16-8-2-3-9-17(16)26-20(28)18-10-5-11-29-18/h2-13H,1H3,(H,25,27)(H,26,28). The third-order valence-electron chi connectivity index (χ3n) is 4.23. The number of carbonyl (C=O) groups is 2. The molecule has 0 radical (unpaired) electrons. The minimum Gasteiger partial charge on any atom is -0.459 e. The number of alkyl halides is 3. The predicted octanol–water partition coefficient (Wildman–Crippen LogP) is 5.04. The molecule has 5 nitrogen and oxygen atoms in total. The first-order valence-electron chi connectivity index (χ1n) is 8.67. The summed E-state index contributed by atoms with van der Waals surface area (Å²) in [4.78, 5) is 24.9. The van der Waals surface area contributed by atoms with Gasteiger partial charge < -0.3 is 15.1 Å². The summed E-state index contributed by atoms with van der Waals surface area (Å²) in [5, 5.41) is 5.25. The highest BCUT2D eigenvalue weighted by atomic mass is 19.4. The first kappa shape index (κ1) is 20.2. The molecule has 29 heavy (non-hydrogen) atoms. The van der Waals surface area contributed by atoms with Crippen LogP contribution in [0.1, 0.15) is 45.0 Å². The van der Waals surface area contributed by atoms with E-state index < -0.39 is 29.6 Å². The molecule has 1 heterocycles. The average Bonchev–Trinajstić information content (AvgIpc) is 3.23. The van der Waals surface area contributed by atoms with E-state index in [4.69, 9.17) is 4.42 Å². The van der Waals surface area contributed by atoms with E-state index in [-0.39, 0.29) is 17.0 Å². The Balaban J connectivity index is 1.77. The topological polar surface area (TPSA) is 71.3 Å². The van der Waals surface area contributed by atoms with Crippen molar-refractivity contribution < 1.29 is 27.2 Å². The van der Waals surface area contributed by atoms with Crippen molar-refractivity contribution in [1.29, 1.82) is 0 Å². The van der Waals surface area contributed by atoms with E-state index in [9.17, 15) is 22.8 Å². The number of hydrogen-bond acceptors (Lipinski definition) is 3. The van der Waals surface area contributed by atoms with E-state index in [1.807, 2.05) is 0 Å². The van der Waals surface area contributed by atoms with Gasteiger partial charge in [-0.3, -0.25) is 9.59 Å². The average molecular weight is 402 g/mol. The van der Waals surface area contributed by atoms with E-state index in [0.717, 1.165) is 12.1 Å². The molecule has 0 saturated heterocycles. The highest BCUT2D eigenvalue weighted by Gasteiger charge is 2.30. The molecule has 0 fully saturated rings. The monoisotopic (exact) mass is 402 g/mol. The summed E-state index contributed by atoms with van der Waals surface area (Å²) >= 11 is 0. The van der Waals surface area contributed by atoms with Gasteiger partial charge in [0.15, 0.2) is 5.76 Å². The Morgan fingerprint density at radius 1 is 0.966 bits per heavy atom. The highest BCUT2D eigenvalue weighted by molar-refractivity contribution is 6.07. The van der Waals surface area contributed by atoms with E-state index in [2.05, 4.69) is 10.6 Å². The molecule has 0 aliphatic carbocycles. The van der Waals surface area contributed by atoms with Crippen LogP contribution < -0.4 is 10.6 Å². The van der Waals surface area contributed by atoms with Gasteiger partial charge in [0, 0.05) is 0 Å². The lowest BCUT2D eigenvalue weighted by molar-refractivity contribution is -0.137. The fourth-order valence-corrected chi connectivity index (χ4v) is 2.72. The zero-order valence-corrected chi connectivity index (χ0v) is 15.3. The van der Waals surface area contributed by atoms with Crippen molar-refractivity contribution in [2.45, 2.75) is 19.1 Å². The summed E-state index contributed by atoms with van der Waals surface area (Å²) in [6.07, 6.45) is -3.12. The maximum absolute atomic E-state index is 12.9. The lowest BCUT2D eigenvalue weighted by Gasteiger charge is -2.17. The molecule has 150 valence electrons. The molecule has 3 rings (SSSR count). The normalized spacial score (nSPS) is 12.3. The van der Waals surface area contributed by atoms with Crippen molar-refractivity contribution in [3.8, 4) is 0 Å². The number of benzene rings is 2. The zero-order valence-electron chi connectivity index (χ0n) is 15.3. The molecule has 1 aromatic heterocycles. The molecule has 1 atom stereocenters. The molecule has 2 amide bonds. The number of halogens is 3. The second-order valence-electron chi connectivity index (χ2n) is 6.30. The van der Waals surface area contributed by atoms with Gasteiger partial charge in [-0.25, -0.2) is 0 Å². The largest absolute Gasteiger partial charge is 0.459 e. The lowest BCUT2D eigenvalue weighted by Crippen LogP contribution is -2.28. The number of furan rings is 1. The molecule has 0 spiro atoms. The fraction of sp³-hybridized carbons (Fsp3) is 0.143. The summed E-state index contributed by atoms with van der Waals surface area (Å²) in [5.74, 6) is -0.982. The van der Waals surface area contributed by atoms with E-state index in [1.54, 1.807) is 31.2 Å². The Hall–Kier alpha value is -3.55. The van der Waals surface area contributed by atoms with Gasteiger partial charge in [-0.2, -0.15) is 13.2 Å². The number of rotatable bonds is 5. The molecule has 0 aliphatic heterocycles. The van der Waals surface area contributed by atoms with E-state index in [0.29, 0.717) is 5.56 Å². The lowest BCUT2D eigenvalue weighted by atomic mass is 10.0. The van der Waals surface area contributed by atoms with Crippen molar-refractivity contribution in [3.05, 3.63) is 89.4 Å². The maximum atomic E-state index is 12.9. The van der Waals surface area contributed by atoms with E-state index in [1.165, 1.54) is 30.5 Å². The Morgan fingerprint density at radius 3 is 2.41 bits per heavy atom. The number of carbonyl (C=O) groups excluding carboxylic acids is 2. The number of nitrogens with one attached hydrogen (secondary N) is 2. The molecular weight excluding hydrogens is 385 g/mol. The molecule has 3 aromatic rings. The Labute approximate surface area is 164 Å². The third kappa shape index (κ3) is 4.84. The maximum Gasteiger partial charge on any atom is 0.416 e. The van der Waals surface area contributed by atoms with Crippen LogP contribution >= 0.6 is 0 Å². The van der Waals surface area contributed by atoms with Crippen LogP contribution in [0.4, 0.5) is 18.9 Å². The quantitative estimate of drug-likeness (QED) is 0.628. The Morgan fingerprint density at radius 2 is 1.72 bits per heavy atom. The summed E-state index contributed by atoms with van der Waals surface area (Å²) in [6.45, 7) is 1.58. The van der Waals surface area contributed by atoms with Gasteiger partial charge in [0.05, 0.1) is 29.1 Å². The van der Waals surface area contributed by atoms with Gasteiger partial charge in [0.2, 0.25) is 0 Å². The third-order valence-corrected chi connectivity index (χ3v) is 4.23. The summed E-state index contributed by atoms with van der Waals surface area (Å²) in [5.41, 5.74) is -0.0543. The molecule has 0 aliphatic rings. The zero-order chi connectivity index (χ0) is 21.0. The molecule has 8 heteroatoms. The Kier molecular flexibility index (Phi) is 5.72. The number of para-hydroxylation sites is 1. The second kappa shape index (κ2) is 8.22. The van der Waals surface area contributed by atoms with Gasteiger partial charge >= 0.3 is 6.18 Å². The van der Waals surface area contributed by atoms with E-state index >= 15 is 0 Å². The van der Waals surface area contributed by atoms with Crippen molar-refractivity contribution in [2.24, 2.45) is 0 Å². The van der Waals surface area contributed by atoms with Crippen LogP contribution in [0, 0.1) is 0 Å². The molecule has 2 aromatic carbocycles. The van der Waals surface area contributed by atoms with Crippen LogP contribution in [0.3, 0.4) is 0 Å². The van der Waals surface area contributed by atoms with Gasteiger partial charge in [0.1, 0.15) is 0 Å². The molecular formula is C21H17F3N2O3. The molecule has 0 bridgehead atoms. The van der Waals surface area contributed by atoms with Gasteiger partial charge in [-0.1, -0.05) is 24.3 Å².